The van der Waals surface area contributed by atoms with Gasteiger partial charge in [-0.15, -0.1) is 0 Å². The highest BCUT2D eigenvalue weighted by Gasteiger charge is 2.35. The zero-order valence-corrected chi connectivity index (χ0v) is 21.7. The average molecular weight is 488 g/mol. The molecule has 0 aromatic heterocycles. The summed E-state index contributed by atoms with van der Waals surface area (Å²) in [7, 11) is 5.18. The summed E-state index contributed by atoms with van der Waals surface area (Å²) >= 11 is 0. The number of carbonyl (C=O) groups excluding carboxylic acids is 1. The second kappa shape index (κ2) is 11.4. The molecule has 1 heterocycles. The smallest absolute Gasteiger partial charge is 0.230 e. The highest BCUT2D eigenvalue weighted by atomic mass is 16.5. The maximum Gasteiger partial charge on any atom is 0.230 e. The molecule has 1 unspecified atom stereocenters. The lowest BCUT2D eigenvalue weighted by atomic mass is 9.79. The van der Waals surface area contributed by atoms with Crippen LogP contribution in [0.5, 0.6) is 11.5 Å². The molecule has 0 bridgehead atoms. The van der Waals surface area contributed by atoms with E-state index >= 15 is 0 Å². The number of nitrogens with zero attached hydrogens (tertiary/aromatic N) is 2. The second-order valence-corrected chi connectivity index (χ2v) is 9.65. The molecule has 6 nitrogen and oxygen atoms in total. The number of hydrogen-bond acceptors (Lipinski definition) is 5. The summed E-state index contributed by atoms with van der Waals surface area (Å²) in [6, 6.07) is 22.2. The van der Waals surface area contributed by atoms with E-state index in [2.05, 4.69) is 29.2 Å². The van der Waals surface area contributed by atoms with Crippen molar-refractivity contribution in [3.8, 4) is 11.5 Å². The van der Waals surface area contributed by atoms with Gasteiger partial charge in [-0.2, -0.15) is 0 Å². The van der Waals surface area contributed by atoms with Gasteiger partial charge in [0.15, 0.2) is 0 Å². The van der Waals surface area contributed by atoms with Crippen LogP contribution in [0, 0.1) is 12.8 Å². The molecule has 1 fully saturated rings. The van der Waals surface area contributed by atoms with E-state index in [0.29, 0.717) is 6.54 Å². The van der Waals surface area contributed by atoms with E-state index in [1.165, 1.54) is 5.69 Å². The number of piperidine rings is 1. The van der Waals surface area contributed by atoms with Crippen LogP contribution in [0.25, 0.3) is 0 Å². The van der Waals surface area contributed by atoms with Gasteiger partial charge in [0.2, 0.25) is 5.91 Å². The Kier molecular flexibility index (Phi) is 8.04. The Labute approximate surface area is 214 Å². The van der Waals surface area contributed by atoms with Crippen molar-refractivity contribution in [2.75, 3.05) is 45.0 Å². The molecule has 0 radical (unpaired) electrons. The first-order valence-corrected chi connectivity index (χ1v) is 12.5. The molecule has 36 heavy (non-hydrogen) atoms. The molecule has 2 N–H and O–H groups in total. The molecule has 1 saturated heterocycles. The molecule has 1 atom stereocenters. The Bertz CT molecular complexity index is 1130. The SMILES string of the molecule is COc1cc(C)cc(OC)c1CN(C)C(=O)C(c1ccccc1)C1CCN(c2ccc(N)cc2)CC1. The summed E-state index contributed by atoms with van der Waals surface area (Å²) < 4.78 is 11.3. The Morgan fingerprint density at radius 2 is 1.58 bits per heavy atom. The van der Waals surface area contributed by atoms with Crippen LogP contribution in [0.15, 0.2) is 66.7 Å². The molecule has 1 aliphatic rings. The lowest BCUT2D eigenvalue weighted by molar-refractivity contribution is -0.133. The molecule has 0 saturated carbocycles. The first-order chi connectivity index (χ1) is 17.4. The van der Waals surface area contributed by atoms with Crippen LogP contribution in [-0.2, 0) is 11.3 Å². The lowest BCUT2D eigenvalue weighted by Crippen LogP contribution is -2.41. The van der Waals surface area contributed by atoms with Crippen LogP contribution in [0.2, 0.25) is 0 Å². The second-order valence-electron chi connectivity index (χ2n) is 9.65. The summed E-state index contributed by atoms with van der Waals surface area (Å²) in [5, 5.41) is 0. The summed E-state index contributed by atoms with van der Waals surface area (Å²) in [6.07, 6.45) is 1.89. The fourth-order valence-corrected chi connectivity index (χ4v) is 5.28. The number of likely N-dealkylation sites (N-methyl/N-ethyl adjacent to an activating group) is 1. The van der Waals surface area contributed by atoms with Crippen molar-refractivity contribution in [3.63, 3.8) is 0 Å². The Morgan fingerprint density at radius 1 is 1.00 bits per heavy atom. The molecule has 0 aliphatic carbocycles. The maximum atomic E-state index is 14.0. The Balaban J connectivity index is 1.55. The van der Waals surface area contributed by atoms with E-state index in [0.717, 1.165) is 59.8 Å². The van der Waals surface area contributed by atoms with Crippen molar-refractivity contribution in [2.45, 2.75) is 32.2 Å². The quantitative estimate of drug-likeness (QED) is 0.440. The molecule has 3 aromatic rings. The van der Waals surface area contributed by atoms with Gasteiger partial charge in [-0.3, -0.25) is 4.79 Å². The standard InChI is InChI=1S/C30H37N3O3/c1-21-18-27(35-3)26(28(19-21)36-4)20-32(2)30(34)29(22-8-6-5-7-9-22)23-14-16-33(17-15-23)25-12-10-24(31)11-13-25/h5-13,18-19,23,29H,14-17,20,31H2,1-4H3. The third-order valence-corrected chi connectivity index (χ3v) is 7.22. The van der Waals surface area contributed by atoms with Crippen LogP contribution < -0.4 is 20.1 Å². The van der Waals surface area contributed by atoms with Gasteiger partial charge in [0, 0.05) is 31.5 Å². The number of benzene rings is 3. The number of nitrogens with two attached hydrogens (primary N) is 1. The number of ether oxygens (including phenoxy) is 2. The summed E-state index contributed by atoms with van der Waals surface area (Å²) in [5.74, 6) is 1.65. The average Bonchev–Trinajstić information content (AvgIpc) is 2.90. The van der Waals surface area contributed by atoms with Crippen LogP contribution in [-0.4, -0.2) is 45.2 Å². The van der Waals surface area contributed by atoms with Crippen LogP contribution in [0.4, 0.5) is 11.4 Å². The first kappa shape index (κ1) is 25.4. The first-order valence-electron chi connectivity index (χ1n) is 12.5. The van der Waals surface area contributed by atoms with Crippen molar-refractivity contribution in [1.82, 2.24) is 4.90 Å². The van der Waals surface area contributed by atoms with Crippen LogP contribution in [0.3, 0.4) is 0 Å². The van der Waals surface area contributed by atoms with E-state index in [-0.39, 0.29) is 17.7 Å². The third kappa shape index (κ3) is 5.59. The number of rotatable bonds is 8. The Morgan fingerprint density at radius 3 is 2.14 bits per heavy atom. The number of aryl methyl sites for hydroxylation is 1. The molecule has 0 spiro atoms. The monoisotopic (exact) mass is 487 g/mol. The van der Waals surface area contributed by atoms with Gasteiger partial charge in [-0.05, 0) is 73.2 Å². The van der Waals surface area contributed by atoms with E-state index in [9.17, 15) is 4.79 Å². The van der Waals surface area contributed by atoms with Gasteiger partial charge < -0.3 is 25.0 Å². The minimum atomic E-state index is -0.202. The lowest BCUT2D eigenvalue weighted by Gasteiger charge is -2.38. The largest absolute Gasteiger partial charge is 0.496 e. The molecular weight excluding hydrogens is 450 g/mol. The predicted octanol–water partition coefficient (Wildman–Crippen LogP) is 5.25. The van der Waals surface area contributed by atoms with E-state index in [1.54, 1.807) is 14.2 Å². The van der Waals surface area contributed by atoms with Gasteiger partial charge in [0.05, 0.1) is 32.2 Å². The summed E-state index contributed by atoms with van der Waals surface area (Å²) in [6.45, 7) is 4.24. The fraction of sp³-hybridized carbons (Fsp3) is 0.367. The van der Waals surface area contributed by atoms with Crippen molar-refractivity contribution in [2.24, 2.45) is 5.92 Å². The zero-order chi connectivity index (χ0) is 25.7. The molecule has 6 heteroatoms. The Hall–Kier alpha value is -3.67. The number of carbonyl (C=O) groups is 1. The van der Waals surface area contributed by atoms with Gasteiger partial charge in [0.25, 0.3) is 0 Å². The minimum absolute atomic E-state index is 0.122. The molecular formula is C30H37N3O3. The third-order valence-electron chi connectivity index (χ3n) is 7.22. The normalized spacial score (nSPS) is 14.8. The van der Waals surface area contributed by atoms with Crippen molar-refractivity contribution in [3.05, 3.63) is 83.4 Å². The van der Waals surface area contributed by atoms with Crippen LogP contribution in [0.1, 0.15) is 35.4 Å². The number of anilines is 2. The highest BCUT2D eigenvalue weighted by Crippen LogP contribution is 2.37. The fourth-order valence-electron chi connectivity index (χ4n) is 5.28. The van der Waals surface area contributed by atoms with Gasteiger partial charge in [-0.1, -0.05) is 30.3 Å². The van der Waals surface area contributed by atoms with Gasteiger partial charge >= 0.3 is 0 Å². The molecule has 1 amide bonds. The molecule has 1 aliphatic heterocycles. The molecule has 4 rings (SSSR count). The number of nitrogen functional groups attached to an aromatic ring is 1. The summed E-state index contributed by atoms with van der Waals surface area (Å²) in [5.41, 5.74) is 10.8. The highest BCUT2D eigenvalue weighted by molar-refractivity contribution is 5.84. The van der Waals surface area contributed by atoms with Crippen molar-refractivity contribution >= 4 is 17.3 Å². The van der Waals surface area contributed by atoms with E-state index in [4.69, 9.17) is 15.2 Å². The van der Waals surface area contributed by atoms with Gasteiger partial charge in [0.1, 0.15) is 11.5 Å². The topological polar surface area (TPSA) is 68.0 Å². The number of amides is 1. The number of hydrogen-bond donors (Lipinski definition) is 1. The molecule has 3 aromatic carbocycles. The van der Waals surface area contributed by atoms with Crippen molar-refractivity contribution < 1.29 is 14.3 Å². The van der Waals surface area contributed by atoms with E-state index < -0.39 is 0 Å². The maximum absolute atomic E-state index is 14.0. The minimum Gasteiger partial charge on any atom is -0.496 e. The summed E-state index contributed by atoms with van der Waals surface area (Å²) in [4.78, 5) is 18.2. The van der Waals surface area contributed by atoms with Gasteiger partial charge in [-0.25, -0.2) is 0 Å². The van der Waals surface area contributed by atoms with Crippen molar-refractivity contribution in [1.29, 1.82) is 0 Å². The number of methoxy groups -OCH3 is 2. The van der Waals surface area contributed by atoms with E-state index in [1.807, 2.05) is 61.3 Å². The zero-order valence-electron chi connectivity index (χ0n) is 21.7. The predicted molar refractivity (Wildman–Crippen MR) is 146 cm³/mol. The van der Waals surface area contributed by atoms with Crippen LogP contribution >= 0.6 is 0 Å². The molecule has 190 valence electrons.